The molecule has 1 fully saturated rings. The summed E-state index contributed by atoms with van der Waals surface area (Å²) >= 11 is 0. The van der Waals surface area contributed by atoms with E-state index in [4.69, 9.17) is 8.60 Å². The molecule has 1 amide bonds. The molecule has 0 aliphatic carbocycles. The number of likely N-dealkylation sites (tertiary alicyclic amines) is 1. The first-order valence-corrected chi connectivity index (χ1v) is 13.1. The fourth-order valence-electron chi connectivity index (χ4n) is 4.38. The summed E-state index contributed by atoms with van der Waals surface area (Å²) in [6.07, 6.45) is 5.57. The second kappa shape index (κ2) is 9.57. The van der Waals surface area contributed by atoms with Crippen LogP contribution in [0.3, 0.4) is 0 Å². The first-order chi connectivity index (χ1) is 15.7. The van der Waals surface area contributed by atoms with Crippen LogP contribution in [0.1, 0.15) is 52.9 Å². The normalized spacial score (nSPS) is 15.4. The molecule has 7 nitrogen and oxygen atoms in total. The van der Waals surface area contributed by atoms with E-state index in [9.17, 15) is 13.2 Å². The largest absolute Gasteiger partial charge is 0.460 e. The van der Waals surface area contributed by atoms with E-state index in [1.165, 1.54) is 12.8 Å². The van der Waals surface area contributed by atoms with Crippen molar-refractivity contribution >= 4 is 32.7 Å². The first-order valence-electron chi connectivity index (χ1n) is 11.3. The van der Waals surface area contributed by atoms with Crippen LogP contribution in [0.4, 0.5) is 5.69 Å². The number of hydrogen-bond donors (Lipinski definition) is 1. The number of nitrogens with zero attached hydrogens (tertiary/aromatic N) is 1. The Hall–Kier alpha value is -2.84. The molecule has 0 unspecified atom stereocenters. The SMILES string of the molecule is Cc1ccc(NC(=O)c2c(C)oc3ccc(OS(C)(=O)=O)c(CN4CCCCCC4)c23)cc1. The number of carbonyl (C=O) groups is 1. The maximum atomic E-state index is 13.3. The molecule has 1 N–H and O–H groups in total. The van der Waals surface area contributed by atoms with E-state index in [1.54, 1.807) is 19.1 Å². The number of carbonyl (C=O) groups excluding carboxylic acids is 1. The molecule has 1 aromatic heterocycles. The van der Waals surface area contributed by atoms with Gasteiger partial charge in [0.2, 0.25) is 0 Å². The molecular weight excluding hydrogens is 440 g/mol. The Morgan fingerprint density at radius 2 is 1.70 bits per heavy atom. The van der Waals surface area contributed by atoms with E-state index in [0.29, 0.717) is 40.1 Å². The molecule has 8 heteroatoms. The summed E-state index contributed by atoms with van der Waals surface area (Å²) in [5, 5.41) is 3.54. The van der Waals surface area contributed by atoms with Crippen LogP contribution in [0.15, 0.2) is 40.8 Å². The van der Waals surface area contributed by atoms with Crippen molar-refractivity contribution in [3.63, 3.8) is 0 Å². The van der Waals surface area contributed by atoms with Gasteiger partial charge in [-0.1, -0.05) is 30.5 Å². The number of amides is 1. The fourth-order valence-corrected chi connectivity index (χ4v) is 4.86. The predicted molar refractivity (Wildman–Crippen MR) is 129 cm³/mol. The van der Waals surface area contributed by atoms with Gasteiger partial charge in [0.25, 0.3) is 5.91 Å². The van der Waals surface area contributed by atoms with Gasteiger partial charge in [-0.2, -0.15) is 8.42 Å². The van der Waals surface area contributed by atoms with E-state index in [2.05, 4.69) is 10.2 Å². The number of hydrogen-bond acceptors (Lipinski definition) is 6. The Morgan fingerprint density at radius 1 is 1.03 bits per heavy atom. The van der Waals surface area contributed by atoms with E-state index in [0.717, 1.165) is 37.8 Å². The molecule has 3 aromatic rings. The van der Waals surface area contributed by atoms with Crippen LogP contribution in [-0.2, 0) is 16.7 Å². The quantitative estimate of drug-likeness (QED) is 0.509. The zero-order valence-corrected chi connectivity index (χ0v) is 20.1. The average molecular weight is 471 g/mol. The molecule has 1 aliphatic rings. The summed E-state index contributed by atoms with van der Waals surface area (Å²) in [6.45, 7) is 6.04. The number of furan rings is 1. The van der Waals surface area contributed by atoms with Crippen LogP contribution in [-0.4, -0.2) is 38.6 Å². The van der Waals surface area contributed by atoms with Gasteiger partial charge in [-0.05, 0) is 64.0 Å². The zero-order chi connectivity index (χ0) is 23.6. The van der Waals surface area contributed by atoms with Gasteiger partial charge in [0.1, 0.15) is 17.1 Å². The van der Waals surface area contributed by atoms with Gasteiger partial charge in [-0.3, -0.25) is 9.69 Å². The lowest BCUT2D eigenvalue weighted by Crippen LogP contribution is -2.25. The van der Waals surface area contributed by atoms with Crippen LogP contribution in [0, 0.1) is 13.8 Å². The Balaban J connectivity index is 1.80. The lowest BCUT2D eigenvalue weighted by molar-refractivity contribution is 0.102. The Labute approximate surface area is 194 Å². The molecule has 176 valence electrons. The Kier molecular flexibility index (Phi) is 6.76. The Bertz CT molecular complexity index is 1250. The minimum atomic E-state index is -3.74. The van der Waals surface area contributed by atoms with Gasteiger partial charge in [-0.25, -0.2) is 0 Å². The van der Waals surface area contributed by atoms with E-state index < -0.39 is 10.1 Å². The van der Waals surface area contributed by atoms with Crippen LogP contribution in [0.5, 0.6) is 5.75 Å². The molecule has 33 heavy (non-hydrogen) atoms. The van der Waals surface area contributed by atoms with E-state index in [-0.39, 0.29) is 11.7 Å². The number of anilines is 1. The zero-order valence-electron chi connectivity index (χ0n) is 19.3. The lowest BCUT2D eigenvalue weighted by atomic mass is 10.0. The molecule has 1 saturated heterocycles. The maximum Gasteiger partial charge on any atom is 0.306 e. The Morgan fingerprint density at radius 3 is 2.33 bits per heavy atom. The third kappa shape index (κ3) is 5.57. The van der Waals surface area contributed by atoms with Crippen molar-refractivity contribution in [1.82, 2.24) is 4.90 Å². The predicted octanol–water partition coefficient (Wildman–Crippen LogP) is 5.02. The summed E-state index contributed by atoms with van der Waals surface area (Å²) in [4.78, 5) is 15.6. The highest BCUT2D eigenvalue weighted by atomic mass is 32.2. The molecule has 2 aromatic carbocycles. The number of aryl methyl sites for hydroxylation is 2. The van der Waals surface area contributed by atoms with Crippen molar-refractivity contribution in [3.8, 4) is 5.75 Å². The highest BCUT2D eigenvalue weighted by Gasteiger charge is 2.26. The van der Waals surface area contributed by atoms with Crippen LogP contribution < -0.4 is 9.50 Å². The van der Waals surface area contributed by atoms with Gasteiger partial charge in [0.05, 0.1) is 11.8 Å². The summed E-state index contributed by atoms with van der Waals surface area (Å²) in [6, 6.07) is 10.8. The number of nitrogens with one attached hydrogen (secondary N) is 1. The summed E-state index contributed by atoms with van der Waals surface area (Å²) < 4.78 is 35.3. The van der Waals surface area contributed by atoms with E-state index >= 15 is 0 Å². The first kappa shape index (κ1) is 23.3. The van der Waals surface area contributed by atoms with Crippen LogP contribution in [0.2, 0.25) is 0 Å². The molecule has 0 bridgehead atoms. The van der Waals surface area contributed by atoms with Crippen molar-refractivity contribution in [1.29, 1.82) is 0 Å². The van der Waals surface area contributed by atoms with Crippen molar-refractivity contribution in [3.05, 3.63) is 58.8 Å². The minimum Gasteiger partial charge on any atom is -0.460 e. The minimum absolute atomic E-state index is 0.236. The van der Waals surface area contributed by atoms with Gasteiger partial charge < -0.3 is 13.9 Å². The van der Waals surface area contributed by atoms with Crippen molar-refractivity contribution in [2.75, 3.05) is 24.7 Å². The van der Waals surface area contributed by atoms with E-state index in [1.807, 2.05) is 31.2 Å². The van der Waals surface area contributed by atoms with Crippen molar-refractivity contribution in [2.24, 2.45) is 0 Å². The second-order valence-corrected chi connectivity index (χ2v) is 10.3. The maximum absolute atomic E-state index is 13.3. The average Bonchev–Trinajstić information content (AvgIpc) is 2.90. The number of fused-ring (bicyclic) bond motifs is 1. The highest BCUT2D eigenvalue weighted by Crippen LogP contribution is 2.36. The van der Waals surface area contributed by atoms with Crippen LogP contribution in [0.25, 0.3) is 11.0 Å². The topological polar surface area (TPSA) is 88.8 Å². The summed E-state index contributed by atoms with van der Waals surface area (Å²) in [7, 11) is -3.74. The molecule has 0 saturated carbocycles. The molecule has 4 rings (SSSR count). The van der Waals surface area contributed by atoms with Crippen molar-refractivity contribution < 1.29 is 21.8 Å². The lowest BCUT2D eigenvalue weighted by Gasteiger charge is -2.22. The molecule has 0 atom stereocenters. The molecule has 1 aliphatic heterocycles. The fraction of sp³-hybridized carbons (Fsp3) is 0.400. The van der Waals surface area contributed by atoms with Gasteiger partial charge in [0.15, 0.2) is 0 Å². The molecular formula is C25H30N2O5S. The molecule has 0 radical (unpaired) electrons. The van der Waals surface area contributed by atoms with Gasteiger partial charge in [-0.15, -0.1) is 0 Å². The smallest absolute Gasteiger partial charge is 0.306 e. The third-order valence-electron chi connectivity index (χ3n) is 5.95. The summed E-state index contributed by atoms with van der Waals surface area (Å²) in [5.74, 6) is 0.409. The van der Waals surface area contributed by atoms with Gasteiger partial charge in [0, 0.05) is 23.2 Å². The summed E-state index contributed by atoms with van der Waals surface area (Å²) in [5.41, 5.74) is 3.37. The monoisotopic (exact) mass is 470 g/mol. The third-order valence-corrected chi connectivity index (χ3v) is 6.44. The van der Waals surface area contributed by atoms with Crippen molar-refractivity contribution in [2.45, 2.75) is 46.1 Å². The molecule has 2 heterocycles. The second-order valence-electron chi connectivity index (χ2n) is 8.75. The van der Waals surface area contributed by atoms with Crippen LogP contribution >= 0.6 is 0 Å². The number of benzene rings is 2. The van der Waals surface area contributed by atoms with Gasteiger partial charge >= 0.3 is 10.1 Å². The standard InChI is InChI=1S/C25H30N2O5S/c1-17-8-10-19(11-9-17)26-25(28)23-18(2)31-22-13-12-21(32-33(3,29)30)20(24(22)23)16-27-14-6-4-5-7-15-27/h8-13H,4-7,14-16H2,1-3H3,(H,26,28). The highest BCUT2D eigenvalue weighted by molar-refractivity contribution is 7.86. The number of rotatable bonds is 6. The molecule has 0 spiro atoms.